The molecule has 1 aliphatic rings. The molecule has 24 heavy (non-hydrogen) atoms. The molecule has 1 aliphatic heterocycles. The molecule has 0 aromatic rings. The number of nitrogens with one attached hydrogen (secondary N) is 3. The second kappa shape index (κ2) is 8.20. The number of hydrogen-bond donors (Lipinski definition) is 3. The first-order chi connectivity index (χ1) is 11.1. The first kappa shape index (κ1) is 20.0. The zero-order valence-corrected chi connectivity index (χ0v) is 15.0. The van der Waals surface area contributed by atoms with Crippen LogP contribution in [0.4, 0.5) is 4.79 Å². The molecule has 0 saturated carbocycles. The summed E-state index contributed by atoms with van der Waals surface area (Å²) in [5.41, 5.74) is 0. The summed E-state index contributed by atoms with van der Waals surface area (Å²) in [6, 6.07) is -2.59. The summed E-state index contributed by atoms with van der Waals surface area (Å²) in [5.74, 6) is -1.11. The van der Waals surface area contributed by atoms with Crippen LogP contribution in [0.1, 0.15) is 27.2 Å². The highest BCUT2D eigenvalue weighted by molar-refractivity contribution is 6.02. The third-order valence-corrected chi connectivity index (χ3v) is 4.23. The molecule has 0 bridgehead atoms. The molecule has 1 fully saturated rings. The Hall–Kier alpha value is -2.00. The smallest absolute Gasteiger partial charge is 0.323 e. The number of amides is 5. The van der Waals surface area contributed by atoms with Crippen LogP contribution in [0.2, 0.25) is 0 Å². The highest BCUT2D eigenvalue weighted by Gasteiger charge is 2.41. The number of carbonyl (C=O) groups excluding carboxylic acids is 4. The van der Waals surface area contributed by atoms with Gasteiger partial charge in [-0.3, -0.25) is 29.5 Å². The van der Waals surface area contributed by atoms with Gasteiger partial charge in [-0.05, 0) is 34.2 Å². The third-order valence-electron chi connectivity index (χ3n) is 4.23. The Balaban J connectivity index is 2.72. The van der Waals surface area contributed by atoms with E-state index in [4.69, 9.17) is 0 Å². The molecule has 0 spiro atoms. The summed E-state index contributed by atoms with van der Waals surface area (Å²) >= 11 is 0. The molecular weight excluding hydrogens is 314 g/mol. The first-order valence-corrected chi connectivity index (χ1v) is 7.95. The van der Waals surface area contributed by atoms with Gasteiger partial charge in [0, 0.05) is 20.1 Å². The van der Waals surface area contributed by atoms with Gasteiger partial charge in [-0.25, -0.2) is 4.79 Å². The summed E-state index contributed by atoms with van der Waals surface area (Å²) in [7, 11) is 4.46. The number of carbonyl (C=O) groups is 4. The average molecular weight is 341 g/mol. The van der Waals surface area contributed by atoms with Crippen LogP contribution >= 0.6 is 0 Å². The Morgan fingerprint density at radius 1 is 1.21 bits per heavy atom. The molecule has 1 rings (SSSR count). The molecule has 136 valence electrons. The second-order valence-electron chi connectivity index (χ2n) is 6.03. The van der Waals surface area contributed by atoms with E-state index >= 15 is 0 Å². The summed E-state index contributed by atoms with van der Waals surface area (Å²) in [6.45, 7) is 4.98. The van der Waals surface area contributed by atoms with Gasteiger partial charge in [0.05, 0.1) is 18.1 Å². The molecule has 9 nitrogen and oxygen atoms in total. The standard InChI is InChI=1S/C15H27N5O4/c1-8-7-11(16-4)14(23)20(8)13(22)10(3)18-9(2)12(21)19(6)15(24)17-5/h8-11,16,18H,7H2,1-6H3,(H,17,24)/t8?,9-,10+,11-/m0/s1. The van der Waals surface area contributed by atoms with Crippen molar-refractivity contribution < 1.29 is 19.2 Å². The van der Waals surface area contributed by atoms with E-state index in [2.05, 4.69) is 16.0 Å². The predicted octanol–water partition coefficient (Wildman–Crippen LogP) is -1.11. The van der Waals surface area contributed by atoms with Crippen molar-refractivity contribution in [1.29, 1.82) is 0 Å². The highest BCUT2D eigenvalue weighted by atomic mass is 16.2. The topological polar surface area (TPSA) is 111 Å². The predicted molar refractivity (Wildman–Crippen MR) is 88.1 cm³/mol. The number of hydrogen-bond acceptors (Lipinski definition) is 6. The van der Waals surface area contributed by atoms with E-state index in [1.165, 1.54) is 19.0 Å². The molecule has 0 aromatic heterocycles. The molecule has 0 aliphatic carbocycles. The lowest BCUT2D eigenvalue weighted by molar-refractivity contribution is -0.145. The van der Waals surface area contributed by atoms with Gasteiger partial charge in [-0.2, -0.15) is 0 Å². The summed E-state index contributed by atoms with van der Waals surface area (Å²) in [4.78, 5) is 50.6. The monoisotopic (exact) mass is 341 g/mol. The number of likely N-dealkylation sites (N-methyl/N-ethyl adjacent to an activating group) is 2. The van der Waals surface area contributed by atoms with Crippen molar-refractivity contribution in [3.05, 3.63) is 0 Å². The Morgan fingerprint density at radius 2 is 1.79 bits per heavy atom. The molecule has 9 heteroatoms. The molecule has 3 N–H and O–H groups in total. The van der Waals surface area contributed by atoms with Gasteiger partial charge in [-0.1, -0.05) is 0 Å². The minimum Gasteiger partial charge on any atom is -0.341 e. The van der Waals surface area contributed by atoms with Crippen molar-refractivity contribution >= 4 is 23.8 Å². The van der Waals surface area contributed by atoms with Crippen LogP contribution in [0.3, 0.4) is 0 Å². The highest BCUT2D eigenvalue weighted by Crippen LogP contribution is 2.20. The molecule has 4 atom stereocenters. The van der Waals surface area contributed by atoms with Crippen LogP contribution in [0, 0.1) is 0 Å². The molecule has 5 amide bonds. The molecule has 1 saturated heterocycles. The van der Waals surface area contributed by atoms with Crippen LogP contribution in [0.5, 0.6) is 0 Å². The van der Waals surface area contributed by atoms with Gasteiger partial charge in [0.15, 0.2) is 0 Å². The van der Waals surface area contributed by atoms with Crippen molar-refractivity contribution in [3.8, 4) is 0 Å². The number of urea groups is 1. The molecule has 1 unspecified atom stereocenters. The lowest BCUT2D eigenvalue weighted by atomic mass is 10.2. The normalized spacial score (nSPS) is 22.9. The lowest BCUT2D eigenvalue weighted by Crippen LogP contribution is -2.55. The Kier molecular flexibility index (Phi) is 6.85. The zero-order chi connectivity index (χ0) is 18.6. The Bertz CT molecular complexity index is 524. The fourth-order valence-electron chi connectivity index (χ4n) is 2.78. The number of likely N-dealkylation sites (tertiary alicyclic amines) is 1. The lowest BCUT2D eigenvalue weighted by Gasteiger charge is -2.27. The summed E-state index contributed by atoms with van der Waals surface area (Å²) in [5, 5.41) is 8.10. The average Bonchev–Trinajstić information content (AvgIpc) is 2.85. The fraction of sp³-hybridized carbons (Fsp3) is 0.733. The maximum Gasteiger partial charge on any atom is 0.323 e. The largest absolute Gasteiger partial charge is 0.341 e. The molecule has 1 heterocycles. The Labute approximate surface area is 142 Å². The summed E-state index contributed by atoms with van der Waals surface area (Å²) in [6.07, 6.45) is 0.557. The van der Waals surface area contributed by atoms with E-state index in [1.54, 1.807) is 20.9 Å². The van der Waals surface area contributed by atoms with Crippen LogP contribution < -0.4 is 16.0 Å². The van der Waals surface area contributed by atoms with Crippen molar-refractivity contribution in [2.45, 2.75) is 51.4 Å². The van der Waals surface area contributed by atoms with E-state index in [0.717, 1.165) is 4.90 Å². The van der Waals surface area contributed by atoms with Gasteiger partial charge in [0.1, 0.15) is 0 Å². The Morgan fingerprint density at radius 3 is 2.25 bits per heavy atom. The van der Waals surface area contributed by atoms with E-state index in [0.29, 0.717) is 6.42 Å². The quantitative estimate of drug-likeness (QED) is 0.585. The molecular formula is C15H27N5O4. The van der Waals surface area contributed by atoms with Crippen LogP contribution in [0.25, 0.3) is 0 Å². The third kappa shape index (κ3) is 4.09. The maximum absolute atomic E-state index is 12.6. The van der Waals surface area contributed by atoms with Crippen LogP contribution in [-0.4, -0.2) is 78.9 Å². The number of nitrogens with zero attached hydrogens (tertiary/aromatic N) is 2. The SMILES string of the molecule is CNC(=O)N(C)C(=O)[C@H](C)N[C@H](C)C(=O)N1C(=O)[C@@H](NC)CC1C. The van der Waals surface area contributed by atoms with Gasteiger partial charge in [0.2, 0.25) is 17.7 Å². The van der Waals surface area contributed by atoms with Crippen molar-refractivity contribution in [3.63, 3.8) is 0 Å². The molecule has 0 radical (unpaired) electrons. The first-order valence-electron chi connectivity index (χ1n) is 7.95. The van der Waals surface area contributed by atoms with Gasteiger partial charge in [0.25, 0.3) is 0 Å². The van der Waals surface area contributed by atoms with E-state index < -0.39 is 24.0 Å². The minimum absolute atomic E-state index is 0.203. The van der Waals surface area contributed by atoms with Gasteiger partial charge >= 0.3 is 6.03 Å². The maximum atomic E-state index is 12.6. The van der Waals surface area contributed by atoms with Crippen molar-refractivity contribution in [2.75, 3.05) is 21.1 Å². The van der Waals surface area contributed by atoms with Crippen molar-refractivity contribution in [1.82, 2.24) is 25.8 Å². The number of imide groups is 2. The van der Waals surface area contributed by atoms with Crippen LogP contribution in [0.15, 0.2) is 0 Å². The fourth-order valence-corrected chi connectivity index (χ4v) is 2.78. The van der Waals surface area contributed by atoms with Gasteiger partial charge in [-0.15, -0.1) is 0 Å². The minimum atomic E-state index is -0.751. The molecule has 0 aromatic carbocycles. The second-order valence-corrected chi connectivity index (χ2v) is 6.03. The van der Waals surface area contributed by atoms with E-state index in [9.17, 15) is 19.2 Å². The number of rotatable bonds is 5. The van der Waals surface area contributed by atoms with Crippen molar-refractivity contribution in [2.24, 2.45) is 0 Å². The van der Waals surface area contributed by atoms with E-state index in [1.807, 2.05) is 6.92 Å². The summed E-state index contributed by atoms with van der Waals surface area (Å²) < 4.78 is 0. The van der Waals surface area contributed by atoms with E-state index in [-0.39, 0.29) is 23.9 Å². The van der Waals surface area contributed by atoms with Gasteiger partial charge < -0.3 is 10.6 Å². The zero-order valence-electron chi connectivity index (χ0n) is 15.0. The van der Waals surface area contributed by atoms with Crippen LogP contribution in [-0.2, 0) is 14.4 Å².